The molecule has 0 aromatic rings. The van der Waals surface area contributed by atoms with Crippen molar-refractivity contribution in [2.75, 3.05) is 0 Å². The van der Waals surface area contributed by atoms with E-state index in [-0.39, 0.29) is 0 Å². The minimum atomic E-state index is 0.550. The summed E-state index contributed by atoms with van der Waals surface area (Å²) < 4.78 is 0. The van der Waals surface area contributed by atoms with Gasteiger partial charge in [-0.25, -0.2) is 0 Å². The molecule has 1 unspecified atom stereocenters. The van der Waals surface area contributed by atoms with Gasteiger partial charge in [0, 0.05) is 0 Å². The Labute approximate surface area is 99.9 Å². The normalized spacial score (nSPS) is 11.8. The first-order chi connectivity index (χ1) is 6.96. The van der Waals surface area contributed by atoms with Crippen LogP contribution in [0.1, 0.15) is 88.0 Å². The number of unbranched alkanes of at least 4 members (excludes halogenated alkanes) is 1. The zero-order valence-electron chi connectivity index (χ0n) is 12.9. The van der Waals surface area contributed by atoms with Crippen molar-refractivity contribution >= 4 is 0 Å². The topological polar surface area (TPSA) is 0 Å². The lowest BCUT2D eigenvalue weighted by Gasteiger charge is -2.29. The Kier molecular flexibility index (Phi) is 19.1. The maximum Gasteiger partial charge on any atom is -0.0331 e. The molecule has 0 spiro atoms. The number of hydrogen-bond donors (Lipinski definition) is 0. The van der Waals surface area contributed by atoms with Crippen molar-refractivity contribution in [2.24, 2.45) is 11.3 Å². The van der Waals surface area contributed by atoms with Crippen LogP contribution in [0.3, 0.4) is 0 Å². The smallest absolute Gasteiger partial charge is 0.0331 e. The van der Waals surface area contributed by atoms with E-state index in [0.29, 0.717) is 5.41 Å². The van der Waals surface area contributed by atoms with Crippen molar-refractivity contribution in [3.05, 3.63) is 0 Å². The molecule has 0 N–H and O–H groups in total. The highest BCUT2D eigenvalue weighted by molar-refractivity contribution is 4.71. The first-order valence-corrected chi connectivity index (χ1v) is 6.96. The molecule has 0 aromatic heterocycles. The van der Waals surface area contributed by atoms with Gasteiger partial charge in [-0.2, -0.15) is 0 Å². The quantitative estimate of drug-likeness (QED) is 0.517. The first kappa shape index (κ1) is 20.4. The molecule has 0 aromatic carbocycles. The van der Waals surface area contributed by atoms with E-state index in [1.54, 1.807) is 0 Å². The summed E-state index contributed by atoms with van der Waals surface area (Å²) in [6.07, 6.45) is 5.24. The van der Waals surface area contributed by atoms with Crippen molar-refractivity contribution in [1.82, 2.24) is 0 Å². The molecule has 1 atom stereocenters. The molecule has 0 aliphatic rings. The average Bonchev–Trinajstić information content (AvgIpc) is 2.30. The maximum atomic E-state index is 2.35. The summed E-state index contributed by atoms with van der Waals surface area (Å²) in [6, 6.07) is 0. The fourth-order valence-corrected chi connectivity index (χ4v) is 0.901. The summed E-state index contributed by atoms with van der Waals surface area (Å²) >= 11 is 0. The number of rotatable bonds is 4. The summed E-state index contributed by atoms with van der Waals surface area (Å²) in [7, 11) is 0. The Balaban J connectivity index is -0.000000202. The van der Waals surface area contributed by atoms with Gasteiger partial charge in [0.15, 0.2) is 0 Å². The van der Waals surface area contributed by atoms with Crippen molar-refractivity contribution in [3.8, 4) is 0 Å². The molecular formula is C15H36. The molecule has 0 nitrogen and oxygen atoms in total. The lowest BCUT2D eigenvalue weighted by atomic mass is 9.77. The van der Waals surface area contributed by atoms with Gasteiger partial charge in [-0.05, 0) is 11.3 Å². The minimum absolute atomic E-state index is 0.550. The predicted molar refractivity (Wildman–Crippen MR) is 75.5 cm³/mol. The Hall–Kier alpha value is 0. The average molecular weight is 216 g/mol. The van der Waals surface area contributed by atoms with Gasteiger partial charge in [-0.3, -0.25) is 0 Å². The highest BCUT2D eigenvalue weighted by Crippen LogP contribution is 2.31. The molecule has 0 aliphatic heterocycles. The van der Waals surface area contributed by atoms with E-state index in [9.17, 15) is 0 Å². The molecular weight excluding hydrogens is 180 g/mol. The lowest BCUT2D eigenvalue weighted by molar-refractivity contribution is 0.215. The molecule has 0 aliphatic carbocycles. The summed E-state index contributed by atoms with van der Waals surface area (Å²) in [4.78, 5) is 0. The molecule has 0 saturated heterocycles. The van der Waals surface area contributed by atoms with Gasteiger partial charge in [-0.15, -0.1) is 0 Å². The van der Waals surface area contributed by atoms with Crippen molar-refractivity contribution in [1.29, 1.82) is 0 Å². The molecule has 0 saturated carbocycles. The zero-order chi connectivity index (χ0) is 12.9. The second-order valence-electron chi connectivity index (χ2n) is 4.65. The Bertz CT molecular complexity index is 90.2. The van der Waals surface area contributed by atoms with Gasteiger partial charge in [-0.1, -0.05) is 88.0 Å². The van der Waals surface area contributed by atoms with Gasteiger partial charge in [0.05, 0.1) is 0 Å². The molecule has 0 heterocycles. The van der Waals surface area contributed by atoms with Crippen molar-refractivity contribution < 1.29 is 0 Å². The van der Waals surface area contributed by atoms with E-state index in [1.165, 1.54) is 25.7 Å². The Morgan fingerprint density at radius 2 is 1.20 bits per heavy atom. The molecule has 15 heavy (non-hydrogen) atoms. The van der Waals surface area contributed by atoms with E-state index >= 15 is 0 Å². The zero-order valence-corrected chi connectivity index (χ0v) is 12.9. The van der Waals surface area contributed by atoms with E-state index in [4.69, 9.17) is 0 Å². The van der Waals surface area contributed by atoms with Crippen LogP contribution >= 0.6 is 0 Å². The van der Waals surface area contributed by atoms with Gasteiger partial charge < -0.3 is 0 Å². The third-order valence-electron chi connectivity index (χ3n) is 3.36. The highest BCUT2D eigenvalue weighted by atomic mass is 14.3. The molecule has 0 radical (unpaired) electrons. The fourth-order valence-electron chi connectivity index (χ4n) is 0.901. The van der Waals surface area contributed by atoms with E-state index in [2.05, 4.69) is 48.5 Å². The Morgan fingerprint density at radius 1 is 0.867 bits per heavy atom. The molecule has 0 amide bonds. The Morgan fingerprint density at radius 3 is 1.27 bits per heavy atom. The van der Waals surface area contributed by atoms with E-state index in [1.807, 2.05) is 13.8 Å². The summed E-state index contributed by atoms with van der Waals surface area (Å²) in [5.74, 6) is 0.863. The molecule has 0 heteroatoms. The largest absolute Gasteiger partial charge is 0.0683 e. The van der Waals surface area contributed by atoms with Crippen LogP contribution in [-0.4, -0.2) is 0 Å². The van der Waals surface area contributed by atoms with Crippen LogP contribution < -0.4 is 0 Å². The molecule has 0 rings (SSSR count). The van der Waals surface area contributed by atoms with Crippen LogP contribution in [0.2, 0.25) is 0 Å². The third-order valence-corrected chi connectivity index (χ3v) is 3.36. The van der Waals surface area contributed by atoms with Crippen LogP contribution in [-0.2, 0) is 0 Å². The molecule has 96 valence electrons. The first-order valence-electron chi connectivity index (χ1n) is 6.96. The monoisotopic (exact) mass is 216 g/mol. The standard InChI is InChI=1S/C9H20.C4H10.C2H6/c1-6-8(3)9(4,5)7-2;1-3-4-2;1-2/h8H,6-7H2,1-5H3;3-4H2,1-2H3;1-2H3. The van der Waals surface area contributed by atoms with Crippen LogP contribution in [0.15, 0.2) is 0 Å². The lowest BCUT2D eigenvalue weighted by Crippen LogP contribution is -2.19. The summed E-state index contributed by atoms with van der Waals surface area (Å²) in [6.45, 7) is 19.9. The maximum absolute atomic E-state index is 2.35. The molecule has 0 bridgehead atoms. The SMILES string of the molecule is CC.CCC(C)C(C)(C)CC.CCCC. The van der Waals surface area contributed by atoms with Gasteiger partial charge in [0.1, 0.15) is 0 Å². The van der Waals surface area contributed by atoms with E-state index in [0.717, 1.165) is 5.92 Å². The van der Waals surface area contributed by atoms with Crippen LogP contribution in [0.25, 0.3) is 0 Å². The van der Waals surface area contributed by atoms with Gasteiger partial charge in [0.25, 0.3) is 0 Å². The van der Waals surface area contributed by atoms with Crippen LogP contribution in [0.4, 0.5) is 0 Å². The van der Waals surface area contributed by atoms with Gasteiger partial charge in [0.2, 0.25) is 0 Å². The summed E-state index contributed by atoms with van der Waals surface area (Å²) in [5, 5.41) is 0. The number of hydrogen-bond acceptors (Lipinski definition) is 0. The van der Waals surface area contributed by atoms with Gasteiger partial charge >= 0.3 is 0 Å². The predicted octanol–water partition coefficient (Wildman–Crippen LogP) is 6.30. The minimum Gasteiger partial charge on any atom is -0.0683 e. The third kappa shape index (κ3) is 14.0. The van der Waals surface area contributed by atoms with Crippen LogP contribution in [0, 0.1) is 11.3 Å². The fraction of sp³-hybridized carbons (Fsp3) is 1.00. The van der Waals surface area contributed by atoms with Crippen LogP contribution in [0.5, 0.6) is 0 Å². The second-order valence-corrected chi connectivity index (χ2v) is 4.65. The van der Waals surface area contributed by atoms with Crippen molar-refractivity contribution in [2.45, 2.75) is 88.0 Å². The summed E-state index contributed by atoms with van der Waals surface area (Å²) in [5.41, 5.74) is 0.550. The molecule has 0 fully saturated rings. The van der Waals surface area contributed by atoms with Crippen molar-refractivity contribution in [3.63, 3.8) is 0 Å². The second kappa shape index (κ2) is 14.0. The highest BCUT2D eigenvalue weighted by Gasteiger charge is 2.21. The van der Waals surface area contributed by atoms with E-state index < -0.39 is 0 Å².